The van der Waals surface area contributed by atoms with Gasteiger partial charge in [-0.25, -0.2) is 0 Å². The molecule has 2 heteroatoms. The van der Waals surface area contributed by atoms with E-state index < -0.39 is 10.8 Å². The SMILES string of the molecule is c1ccc(C(c2ccc3c(c2)C2(c4ccccc4-c4ccccc42)c2ccccc2-3)c2cc(N(c3ccccc3)c3ccc4c(c3)C3(c5ccccc5-c5ccccc53)c3ccccc3-4)cc3c4ccccc4n(-c4ccccc4)c23)cc1. The molecule has 2 nitrogen and oxygen atoms in total. The lowest BCUT2D eigenvalue weighted by atomic mass is 9.70. The Bertz CT molecular complexity index is 4860. The van der Waals surface area contributed by atoms with Gasteiger partial charge in [0.15, 0.2) is 0 Å². The highest BCUT2D eigenvalue weighted by atomic mass is 15.1. The molecule has 0 radical (unpaired) electrons. The van der Waals surface area contributed by atoms with Gasteiger partial charge in [-0.2, -0.15) is 0 Å². The monoisotopic (exact) mass is 1050 g/mol. The molecule has 1 unspecified atom stereocenters. The van der Waals surface area contributed by atoms with Crippen LogP contribution in [0.15, 0.2) is 309 Å². The molecule has 1 aromatic heterocycles. The van der Waals surface area contributed by atoms with Crippen LogP contribution in [-0.4, -0.2) is 4.57 Å². The highest BCUT2D eigenvalue weighted by molar-refractivity contribution is 6.12. The summed E-state index contributed by atoms with van der Waals surface area (Å²) in [4.78, 5) is 2.53. The van der Waals surface area contributed by atoms with Crippen molar-refractivity contribution in [2.24, 2.45) is 0 Å². The maximum absolute atomic E-state index is 2.60. The zero-order valence-electron chi connectivity index (χ0n) is 45.4. The Balaban J connectivity index is 0.936. The van der Waals surface area contributed by atoms with Gasteiger partial charge in [0.2, 0.25) is 0 Å². The van der Waals surface area contributed by atoms with Gasteiger partial charge < -0.3 is 9.47 Å². The Morgan fingerprint density at radius 1 is 0.265 bits per heavy atom. The average Bonchev–Trinajstić information content (AvgIpc) is 3.79. The molecule has 0 fully saturated rings. The lowest BCUT2D eigenvalue weighted by molar-refractivity contribution is 0.790. The highest BCUT2D eigenvalue weighted by Gasteiger charge is 2.53. The van der Waals surface area contributed by atoms with Crippen LogP contribution in [0.25, 0.3) is 72.0 Å². The van der Waals surface area contributed by atoms with E-state index in [9.17, 15) is 0 Å². The molecular formula is C81H52N2. The third-order valence-corrected chi connectivity index (χ3v) is 19.1. The zero-order chi connectivity index (χ0) is 54.4. The minimum absolute atomic E-state index is 0.203. The van der Waals surface area contributed by atoms with Crippen molar-refractivity contribution in [3.05, 3.63) is 371 Å². The van der Waals surface area contributed by atoms with Crippen LogP contribution in [0.1, 0.15) is 67.1 Å². The molecule has 0 saturated carbocycles. The van der Waals surface area contributed by atoms with Crippen LogP contribution in [-0.2, 0) is 10.8 Å². The third kappa shape index (κ3) is 6.17. The second-order valence-corrected chi connectivity index (χ2v) is 22.9. The molecule has 0 amide bonds. The van der Waals surface area contributed by atoms with Crippen LogP contribution < -0.4 is 4.90 Å². The number of benzene rings is 13. The topological polar surface area (TPSA) is 8.17 Å². The fraction of sp³-hybridized carbons (Fsp3) is 0.0370. The van der Waals surface area contributed by atoms with Gasteiger partial charge in [0.1, 0.15) is 0 Å². The number of para-hydroxylation sites is 3. The quantitative estimate of drug-likeness (QED) is 0.144. The lowest BCUT2D eigenvalue weighted by Crippen LogP contribution is -2.26. The van der Waals surface area contributed by atoms with E-state index in [0.717, 1.165) is 22.7 Å². The Kier molecular flexibility index (Phi) is 9.74. The molecule has 0 aliphatic heterocycles. The molecule has 4 aliphatic carbocycles. The summed E-state index contributed by atoms with van der Waals surface area (Å²) in [6.45, 7) is 0. The maximum Gasteiger partial charge on any atom is 0.0726 e. The summed E-state index contributed by atoms with van der Waals surface area (Å²) in [5.74, 6) is -0.203. The highest BCUT2D eigenvalue weighted by Crippen LogP contribution is 2.65. The number of anilines is 3. The molecule has 18 rings (SSSR count). The van der Waals surface area contributed by atoms with Crippen molar-refractivity contribution in [3.63, 3.8) is 0 Å². The Morgan fingerprint density at radius 3 is 1.19 bits per heavy atom. The molecule has 4 aliphatic rings. The zero-order valence-corrected chi connectivity index (χ0v) is 45.4. The van der Waals surface area contributed by atoms with Gasteiger partial charge in [-0.05, 0) is 160 Å². The molecule has 0 saturated heterocycles. The van der Waals surface area contributed by atoms with E-state index in [-0.39, 0.29) is 5.92 Å². The molecular weight excluding hydrogens is 1000 g/mol. The van der Waals surface area contributed by atoms with E-state index >= 15 is 0 Å². The van der Waals surface area contributed by atoms with E-state index in [0.29, 0.717) is 0 Å². The fourth-order valence-electron chi connectivity index (χ4n) is 16.0. The van der Waals surface area contributed by atoms with Crippen LogP contribution in [0.4, 0.5) is 17.1 Å². The minimum Gasteiger partial charge on any atom is -0.310 e. The molecule has 1 atom stereocenters. The van der Waals surface area contributed by atoms with Gasteiger partial charge >= 0.3 is 0 Å². The summed E-state index contributed by atoms with van der Waals surface area (Å²) in [5, 5.41) is 2.41. The summed E-state index contributed by atoms with van der Waals surface area (Å²) in [7, 11) is 0. The maximum atomic E-state index is 2.60. The van der Waals surface area contributed by atoms with Crippen molar-refractivity contribution < 1.29 is 0 Å². The number of rotatable bonds is 7. The molecule has 13 aromatic carbocycles. The largest absolute Gasteiger partial charge is 0.310 e. The second kappa shape index (κ2) is 17.5. The van der Waals surface area contributed by atoms with Gasteiger partial charge in [-0.15, -0.1) is 0 Å². The number of nitrogens with zero attached hydrogens (tertiary/aromatic N) is 2. The molecule has 1 heterocycles. The van der Waals surface area contributed by atoms with Gasteiger partial charge in [0.05, 0.1) is 21.9 Å². The first-order chi connectivity index (χ1) is 41.2. The van der Waals surface area contributed by atoms with Crippen LogP contribution in [0.2, 0.25) is 0 Å². The average molecular weight is 1050 g/mol. The first-order valence-corrected chi connectivity index (χ1v) is 29.1. The minimum atomic E-state index is -0.501. The smallest absolute Gasteiger partial charge is 0.0726 e. The van der Waals surface area contributed by atoms with Crippen molar-refractivity contribution in [2.75, 3.05) is 4.90 Å². The van der Waals surface area contributed by atoms with Crippen LogP contribution in [0.3, 0.4) is 0 Å². The van der Waals surface area contributed by atoms with Crippen LogP contribution >= 0.6 is 0 Å². The van der Waals surface area contributed by atoms with Crippen molar-refractivity contribution in [1.29, 1.82) is 0 Å². The van der Waals surface area contributed by atoms with Crippen molar-refractivity contribution in [2.45, 2.75) is 16.7 Å². The molecule has 0 bridgehead atoms. The number of hydrogen-bond acceptors (Lipinski definition) is 1. The van der Waals surface area contributed by atoms with Crippen LogP contribution in [0.5, 0.6) is 0 Å². The summed E-state index contributed by atoms with van der Waals surface area (Å²) in [6, 6.07) is 117. The van der Waals surface area contributed by atoms with E-state index in [4.69, 9.17) is 0 Å². The molecule has 2 spiro atoms. The fourth-order valence-corrected chi connectivity index (χ4v) is 16.0. The lowest BCUT2D eigenvalue weighted by Gasteiger charge is -2.33. The van der Waals surface area contributed by atoms with Gasteiger partial charge in [0.25, 0.3) is 0 Å². The standard InChI is InChI=1S/C81H52N2/c1-4-24-52(25-5-1)78(53-44-46-64-62-34-14-21-41-73(62)80(75(64)48-53)69-37-17-10-30-58(69)59-31-11-18-38-70(59)80)68-50-57(49-67-66-36-16-23-43-77(66)83(79(67)68)55-28-8-3-9-29-55)82(54-26-6-2-7-27-54)56-45-47-65-63-35-15-22-42-74(63)81(76(65)51-56)71-39-19-12-32-60(71)61-33-13-20-40-72(61)81/h1-51,78H. The van der Waals surface area contributed by atoms with Gasteiger partial charge in [-0.1, -0.05) is 255 Å². The summed E-state index contributed by atoms with van der Waals surface area (Å²) in [5.41, 5.74) is 30.5. The Labute approximate surface area is 483 Å². The summed E-state index contributed by atoms with van der Waals surface area (Å²) < 4.78 is 2.53. The van der Waals surface area contributed by atoms with E-state index in [2.05, 4.69) is 319 Å². The van der Waals surface area contributed by atoms with Gasteiger partial charge in [0, 0.05) is 39.4 Å². The van der Waals surface area contributed by atoms with Crippen molar-refractivity contribution in [1.82, 2.24) is 4.57 Å². The number of aromatic nitrogens is 1. The predicted octanol–water partition coefficient (Wildman–Crippen LogP) is 20.1. The third-order valence-electron chi connectivity index (χ3n) is 19.1. The summed E-state index contributed by atoms with van der Waals surface area (Å²) >= 11 is 0. The van der Waals surface area contributed by atoms with E-state index in [1.165, 1.54) is 128 Å². The number of hydrogen-bond donors (Lipinski definition) is 0. The Hall–Kier alpha value is -10.5. The number of fused-ring (bicyclic) bond motifs is 23. The van der Waals surface area contributed by atoms with E-state index in [1.54, 1.807) is 0 Å². The Morgan fingerprint density at radius 2 is 0.675 bits per heavy atom. The molecule has 386 valence electrons. The molecule has 14 aromatic rings. The molecule has 0 N–H and O–H groups in total. The van der Waals surface area contributed by atoms with Gasteiger partial charge in [-0.3, -0.25) is 0 Å². The second-order valence-electron chi connectivity index (χ2n) is 22.9. The first kappa shape index (κ1) is 46.2. The molecule has 83 heavy (non-hydrogen) atoms. The van der Waals surface area contributed by atoms with E-state index in [1.807, 2.05) is 0 Å². The predicted molar refractivity (Wildman–Crippen MR) is 342 cm³/mol. The first-order valence-electron chi connectivity index (χ1n) is 29.1. The van der Waals surface area contributed by atoms with Crippen molar-refractivity contribution >= 4 is 38.9 Å². The summed E-state index contributed by atoms with van der Waals surface area (Å²) in [6.07, 6.45) is 0. The normalized spacial score (nSPS) is 14.2. The van der Waals surface area contributed by atoms with Crippen LogP contribution in [0, 0.1) is 0 Å². The van der Waals surface area contributed by atoms with Crippen molar-refractivity contribution in [3.8, 4) is 50.2 Å².